The summed E-state index contributed by atoms with van der Waals surface area (Å²) in [7, 11) is 1.84. The van der Waals surface area contributed by atoms with Crippen LogP contribution in [0, 0.1) is 0 Å². The van der Waals surface area contributed by atoms with Crippen molar-refractivity contribution in [3.8, 4) is 0 Å². The van der Waals surface area contributed by atoms with Crippen LogP contribution in [0.4, 0.5) is 13.2 Å². The molecule has 1 aliphatic rings. The van der Waals surface area contributed by atoms with E-state index in [4.69, 9.17) is 4.74 Å². The van der Waals surface area contributed by atoms with Crippen molar-refractivity contribution in [3.05, 3.63) is 0 Å². The minimum Gasteiger partial charge on any atom is -0.373 e. The van der Waals surface area contributed by atoms with E-state index in [1.807, 2.05) is 11.9 Å². The molecule has 0 radical (unpaired) electrons. The Labute approximate surface area is 74.4 Å². The number of nitrogens with zero attached hydrogens (tertiary/aromatic N) is 1. The highest BCUT2D eigenvalue weighted by Gasteiger charge is 2.31. The van der Waals surface area contributed by atoms with Crippen LogP contribution in [0.1, 0.15) is 0 Å². The zero-order valence-electron chi connectivity index (χ0n) is 7.30. The molecule has 0 spiro atoms. The van der Waals surface area contributed by atoms with E-state index >= 15 is 0 Å². The van der Waals surface area contributed by atoms with Gasteiger partial charge in [-0.1, -0.05) is 0 Å². The van der Waals surface area contributed by atoms with E-state index in [1.165, 1.54) is 0 Å². The van der Waals surface area contributed by atoms with E-state index in [-0.39, 0.29) is 0 Å². The minimum atomic E-state index is -4.56. The van der Waals surface area contributed by atoms with Crippen LogP contribution in [0.5, 0.6) is 0 Å². The number of morpholine rings is 1. The van der Waals surface area contributed by atoms with Gasteiger partial charge >= 0.3 is 6.36 Å². The fourth-order valence-electron chi connectivity index (χ4n) is 1.16. The van der Waals surface area contributed by atoms with Crippen LogP contribution in [0.2, 0.25) is 0 Å². The van der Waals surface area contributed by atoms with Crippen LogP contribution in [0.15, 0.2) is 0 Å². The van der Waals surface area contributed by atoms with Crippen LogP contribution in [-0.4, -0.2) is 50.7 Å². The van der Waals surface area contributed by atoms with Gasteiger partial charge < -0.3 is 9.64 Å². The second kappa shape index (κ2) is 4.26. The lowest BCUT2D eigenvalue weighted by Crippen LogP contribution is -2.43. The van der Waals surface area contributed by atoms with Gasteiger partial charge in [0.2, 0.25) is 0 Å². The van der Waals surface area contributed by atoms with E-state index in [0.29, 0.717) is 13.2 Å². The first-order valence-corrected chi connectivity index (χ1v) is 3.98. The lowest BCUT2D eigenvalue weighted by atomic mass is 10.3. The first-order chi connectivity index (χ1) is 5.97. The molecule has 0 bridgehead atoms. The summed E-state index contributed by atoms with van der Waals surface area (Å²) in [5.41, 5.74) is 0. The summed E-state index contributed by atoms with van der Waals surface area (Å²) >= 11 is 0. The molecule has 1 unspecified atom stereocenters. The Balaban J connectivity index is 2.21. The second-order valence-electron chi connectivity index (χ2n) is 3.01. The molecule has 0 aromatic heterocycles. The number of ether oxygens (including phenoxy) is 2. The van der Waals surface area contributed by atoms with Crippen LogP contribution in [0.25, 0.3) is 0 Å². The highest BCUT2D eigenvalue weighted by atomic mass is 19.4. The topological polar surface area (TPSA) is 21.7 Å². The molecule has 1 heterocycles. The number of hydrogen-bond donors (Lipinski definition) is 0. The molecule has 0 saturated carbocycles. The maximum absolute atomic E-state index is 11.6. The molecule has 0 aromatic carbocycles. The van der Waals surface area contributed by atoms with Crippen molar-refractivity contribution in [2.24, 2.45) is 0 Å². The number of likely N-dealkylation sites (N-methyl/N-ethyl adjacent to an activating group) is 1. The van der Waals surface area contributed by atoms with Crippen molar-refractivity contribution in [1.29, 1.82) is 0 Å². The summed E-state index contributed by atoms with van der Waals surface area (Å²) in [6.45, 7) is 1.27. The van der Waals surface area contributed by atoms with Crippen LogP contribution < -0.4 is 0 Å². The molecular formula is C7H12F3NO2. The minimum absolute atomic E-state index is 0.423. The number of rotatable bonds is 2. The summed E-state index contributed by atoms with van der Waals surface area (Å²) in [5.74, 6) is 0. The number of hydrogen-bond acceptors (Lipinski definition) is 3. The predicted octanol–water partition coefficient (Wildman–Crippen LogP) is 0.853. The Morgan fingerprint density at radius 2 is 2.23 bits per heavy atom. The zero-order chi connectivity index (χ0) is 9.90. The van der Waals surface area contributed by atoms with Gasteiger partial charge in [-0.2, -0.15) is 0 Å². The van der Waals surface area contributed by atoms with Gasteiger partial charge in [-0.3, -0.25) is 4.74 Å². The fourth-order valence-corrected chi connectivity index (χ4v) is 1.16. The highest BCUT2D eigenvalue weighted by molar-refractivity contribution is 4.67. The molecule has 1 saturated heterocycles. The average Bonchev–Trinajstić information content (AvgIpc) is 2.00. The summed E-state index contributed by atoms with van der Waals surface area (Å²) in [6.07, 6.45) is -5.03. The molecule has 3 nitrogen and oxygen atoms in total. The average molecular weight is 199 g/mol. The Morgan fingerprint density at radius 3 is 2.77 bits per heavy atom. The van der Waals surface area contributed by atoms with Crippen molar-refractivity contribution >= 4 is 0 Å². The molecule has 1 atom stereocenters. The monoisotopic (exact) mass is 199 g/mol. The largest absolute Gasteiger partial charge is 0.522 e. The lowest BCUT2D eigenvalue weighted by Gasteiger charge is -2.29. The summed E-state index contributed by atoms with van der Waals surface area (Å²) in [4.78, 5) is 1.91. The SMILES string of the molecule is CN1CCOC(COC(F)(F)F)C1. The van der Waals surface area contributed by atoms with Gasteiger partial charge in [-0.05, 0) is 7.05 Å². The Morgan fingerprint density at radius 1 is 1.54 bits per heavy atom. The maximum atomic E-state index is 11.6. The molecule has 0 aromatic rings. The molecule has 0 aliphatic carbocycles. The van der Waals surface area contributed by atoms with Crippen molar-refractivity contribution < 1.29 is 22.6 Å². The lowest BCUT2D eigenvalue weighted by molar-refractivity contribution is -0.333. The maximum Gasteiger partial charge on any atom is 0.522 e. The zero-order valence-corrected chi connectivity index (χ0v) is 7.30. The molecule has 1 aliphatic heterocycles. The predicted molar refractivity (Wildman–Crippen MR) is 39.2 cm³/mol. The van der Waals surface area contributed by atoms with E-state index in [1.54, 1.807) is 0 Å². The molecule has 1 fully saturated rings. The van der Waals surface area contributed by atoms with E-state index < -0.39 is 19.1 Å². The molecule has 1 rings (SSSR count). The summed E-state index contributed by atoms with van der Waals surface area (Å²) in [6, 6.07) is 0. The fraction of sp³-hybridized carbons (Fsp3) is 1.00. The standard InChI is InChI=1S/C7H12F3NO2/c1-11-2-3-12-6(4-11)5-13-7(8,9)10/h6H,2-5H2,1H3. The van der Waals surface area contributed by atoms with E-state index in [2.05, 4.69) is 4.74 Å². The van der Waals surface area contributed by atoms with Crippen molar-refractivity contribution in [1.82, 2.24) is 4.90 Å². The highest BCUT2D eigenvalue weighted by Crippen LogP contribution is 2.17. The molecule has 78 valence electrons. The molecular weight excluding hydrogens is 187 g/mol. The van der Waals surface area contributed by atoms with Crippen molar-refractivity contribution in [3.63, 3.8) is 0 Å². The summed E-state index contributed by atoms with van der Waals surface area (Å²) < 4.78 is 43.6. The first kappa shape index (κ1) is 10.7. The third-order valence-corrected chi connectivity index (χ3v) is 1.77. The summed E-state index contributed by atoms with van der Waals surface area (Å²) in [5, 5.41) is 0. The van der Waals surface area contributed by atoms with Gasteiger partial charge in [-0.15, -0.1) is 13.2 Å². The third kappa shape index (κ3) is 4.44. The molecule has 0 N–H and O–H groups in total. The van der Waals surface area contributed by atoms with Gasteiger partial charge in [0, 0.05) is 13.1 Å². The van der Waals surface area contributed by atoms with Crippen LogP contribution in [0.3, 0.4) is 0 Å². The number of alkyl halides is 3. The van der Waals surface area contributed by atoms with Gasteiger partial charge in [-0.25, -0.2) is 0 Å². The smallest absolute Gasteiger partial charge is 0.373 e. The van der Waals surface area contributed by atoms with Gasteiger partial charge in [0.05, 0.1) is 19.3 Å². The normalized spacial score (nSPS) is 26.3. The third-order valence-electron chi connectivity index (χ3n) is 1.77. The van der Waals surface area contributed by atoms with Gasteiger partial charge in [0.1, 0.15) is 0 Å². The first-order valence-electron chi connectivity index (χ1n) is 3.98. The van der Waals surface area contributed by atoms with E-state index in [9.17, 15) is 13.2 Å². The Hall–Kier alpha value is -0.330. The van der Waals surface area contributed by atoms with Crippen LogP contribution >= 0.6 is 0 Å². The Kier molecular flexibility index (Phi) is 3.52. The molecule has 0 amide bonds. The second-order valence-corrected chi connectivity index (χ2v) is 3.01. The molecule has 6 heteroatoms. The van der Waals surface area contributed by atoms with Gasteiger partial charge in [0.25, 0.3) is 0 Å². The number of halogens is 3. The van der Waals surface area contributed by atoms with Crippen molar-refractivity contribution in [2.45, 2.75) is 12.5 Å². The molecule has 13 heavy (non-hydrogen) atoms. The van der Waals surface area contributed by atoms with E-state index in [0.717, 1.165) is 6.54 Å². The van der Waals surface area contributed by atoms with Gasteiger partial charge in [0.15, 0.2) is 0 Å². The van der Waals surface area contributed by atoms with Crippen LogP contribution in [-0.2, 0) is 9.47 Å². The Bertz CT molecular complexity index is 162. The van der Waals surface area contributed by atoms with Crippen molar-refractivity contribution in [2.75, 3.05) is 33.4 Å². The quantitative estimate of drug-likeness (QED) is 0.658.